The maximum Gasteiger partial charge on any atom is 0.214 e. The molecule has 3 aromatic carbocycles. The summed E-state index contributed by atoms with van der Waals surface area (Å²) in [5, 5.41) is 18.9. The molecular weight excluding hydrogens is 664 g/mol. The Morgan fingerprint density at radius 3 is 1.82 bits per heavy atom. The number of halogens is 8. The predicted octanol–water partition coefficient (Wildman–Crippen LogP) is 8.99. The van der Waals surface area contributed by atoms with Crippen LogP contribution in [0.5, 0.6) is 23.0 Å². The largest absolute Gasteiger partial charge is 0.506 e. The molecule has 0 aliphatic heterocycles. The van der Waals surface area contributed by atoms with Gasteiger partial charge in [-0.05, 0) is 30.3 Å². The number of rotatable bonds is 5. The molecule has 0 radical (unpaired) electrons. The van der Waals surface area contributed by atoms with E-state index in [1.54, 1.807) is 0 Å². The van der Waals surface area contributed by atoms with Crippen molar-refractivity contribution in [3.8, 4) is 23.0 Å². The monoisotopic (exact) mass is 674 g/mol. The number of anilines is 2. The number of hydrogen-bond acceptors (Lipinski definition) is 6. The summed E-state index contributed by atoms with van der Waals surface area (Å²) in [6.45, 7) is 0. The van der Waals surface area contributed by atoms with E-state index < -0.39 is 11.7 Å². The molecule has 4 rings (SSSR count). The topological polar surface area (TPSA) is 111 Å². The molecule has 3 aromatic rings. The van der Waals surface area contributed by atoms with Gasteiger partial charge in [-0.3, -0.25) is 0 Å². The first kappa shape index (κ1) is 29.2. The van der Waals surface area contributed by atoms with Gasteiger partial charge in [0.05, 0.1) is 51.6 Å². The highest BCUT2D eigenvalue weighted by molar-refractivity contribution is 6.53. The molecule has 2 unspecified atom stereocenters. The van der Waals surface area contributed by atoms with Gasteiger partial charge in [0.15, 0.2) is 6.10 Å². The number of phenols is 2. The van der Waals surface area contributed by atoms with Crippen LogP contribution in [0.1, 0.15) is 5.56 Å². The number of nitrogens with two attached hydrogens (primary N) is 2. The van der Waals surface area contributed by atoms with Crippen LogP contribution in [0, 0.1) is 0 Å². The van der Waals surface area contributed by atoms with Crippen molar-refractivity contribution in [1.29, 1.82) is 0 Å². The fraction of sp³-hybridized carbons (Fsp3) is 0.0833. The number of nitrogen functional groups attached to an aromatic ring is 2. The Bertz CT molecular complexity index is 1530. The van der Waals surface area contributed by atoms with Crippen molar-refractivity contribution in [1.82, 2.24) is 0 Å². The third kappa shape index (κ3) is 4.98. The zero-order chi connectivity index (χ0) is 28.1. The van der Waals surface area contributed by atoms with E-state index in [-0.39, 0.29) is 80.2 Å². The first-order valence-electron chi connectivity index (χ1n) is 10.3. The van der Waals surface area contributed by atoms with Crippen molar-refractivity contribution in [2.24, 2.45) is 0 Å². The molecule has 0 saturated heterocycles. The minimum Gasteiger partial charge on any atom is -0.506 e. The van der Waals surface area contributed by atoms with Gasteiger partial charge < -0.3 is 31.2 Å². The smallest absolute Gasteiger partial charge is 0.214 e. The van der Waals surface area contributed by atoms with Crippen LogP contribution in [0.2, 0.25) is 20.1 Å². The Labute approximate surface area is 256 Å². The average Bonchev–Trinajstić information content (AvgIpc) is 2.88. The highest BCUT2D eigenvalue weighted by Gasteiger charge is 2.56. The van der Waals surface area contributed by atoms with Crippen LogP contribution >= 0.6 is 92.8 Å². The summed E-state index contributed by atoms with van der Waals surface area (Å²) in [5.41, 5.74) is 9.78. The molecule has 2 atom stereocenters. The van der Waals surface area contributed by atoms with Crippen LogP contribution in [0.25, 0.3) is 0 Å². The Kier molecular flexibility index (Phi) is 8.49. The Morgan fingerprint density at radius 1 is 0.684 bits per heavy atom. The standard InChI is InChI=1S/C24H14Cl8N2O4/c25-11-7-10(16(26)18(28)17(11)27)24(38-9-2-4-15(36)13(34)6-9)22(32)20(30)19(29)21(31)23(24)37-8-1-3-14(35)12(33)5-8/h1-7,23,35-36H,33-34H2. The van der Waals surface area contributed by atoms with Crippen LogP contribution in [0.15, 0.2) is 62.6 Å². The molecule has 38 heavy (non-hydrogen) atoms. The van der Waals surface area contributed by atoms with Crippen LogP contribution in [-0.2, 0) is 5.60 Å². The van der Waals surface area contributed by atoms with Gasteiger partial charge in [-0.15, -0.1) is 0 Å². The zero-order valence-electron chi connectivity index (χ0n) is 18.5. The minimum atomic E-state index is -2.01. The summed E-state index contributed by atoms with van der Waals surface area (Å²) in [5.74, 6) is -0.153. The third-order valence-corrected chi connectivity index (χ3v) is 9.22. The van der Waals surface area contributed by atoms with Crippen molar-refractivity contribution in [3.05, 3.63) is 88.2 Å². The van der Waals surface area contributed by atoms with Gasteiger partial charge in [0.2, 0.25) is 5.60 Å². The van der Waals surface area contributed by atoms with E-state index in [2.05, 4.69) is 0 Å². The molecule has 0 aromatic heterocycles. The van der Waals surface area contributed by atoms with Gasteiger partial charge in [-0.25, -0.2) is 0 Å². The van der Waals surface area contributed by atoms with Gasteiger partial charge in [0, 0.05) is 17.7 Å². The van der Waals surface area contributed by atoms with E-state index >= 15 is 0 Å². The van der Waals surface area contributed by atoms with E-state index in [0.29, 0.717) is 0 Å². The van der Waals surface area contributed by atoms with Crippen LogP contribution < -0.4 is 20.9 Å². The van der Waals surface area contributed by atoms with Crippen LogP contribution in [-0.4, -0.2) is 16.3 Å². The van der Waals surface area contributed by atoms with Gasteiger partial charge in [0.25, 0.3) is 0 Å². The number of phenolic OH excluding ortho intramolecular Hbond substituents is 2. The average molecular weight is 678 g/mol. The number of benzene rings is 3. The Balaban J connectivity index is 2.07. The molecule has 0 fully saturated rings. The lowest BCUT2D eigenvalue weighted by molar-refractivity contribution is 0.00891. The van der Waals surface area contributed by atoms with Crippen molar-refractivity contribution >= 4 is 104 Å². The van der Waals surface area contributed by atoms with Gasteiger partial charge in [0.1, 0.15) is 23.0 Å². The number of hydrogen-bond donors (Lipinski definition) is 4. The SMILES string of the molecule is Nc1cc(OC2C(Cl)=C(Cl)C(Cl)=C(Cl)C2(Oc2ccc(O)c(N)c2)c2cc(Cl)c(Cl)c(Cl)c2Cl)ccc1O. The molecule has 0 saturated carbocycles. The molecule has 1 aliphatic rings. The maximum absolute atomic E-state index is 9.93. The van der Waals surface area contributed by atoms with Crippen molar-refractivity contribution in [2.75, 3.05) is 11.5 Å². The fourth-order valence-electron chi connectivity index (χ4n) is 3.69. The highest BCUT2D eigenvalue weighted by atomic mass is 35.5. The quantitative estimate of drug-likeness (QED) is 0.0929. The first-order valence-corrected chi connectivity index (χ1v) is 13.3. The maximum atomic E-state index is 9.93. The Hall–Kier alpha value is -1.74. The van der Waals surface area contributed by atoms with Crippen LogP contribution in [0.3, 0.4) is 0 Å². The minimum absolute atomic E-state index is 0.00532. The van der Waals surface area contributed by atoms with Crippen molar-refractivity contribution in [2.45, 2.75) is 11.7 Å². The normalized spacial score (nSPS) is 19.6. The zero-order valence-corrected chi connectivity index (χ0v) is 24.6. The lowest BCUT2D eigenvalue weighted by Crippen LogP contribution is -2.51. The summed E-state index contributed by atoms with van der Waals surface area (Å²) in [6.07, 6.45) is -1.41. The predicted molar refractivity (Wildman–Crippen MR) is 156 cm³/mol. The lowest BCUT2D eigenvalue weighted by Gasteiger charge is -2.43. The second kappa shape index (κ2) is 11.0. The van der Waals surface area contributed by atoms with Gasteiger partial charge >= 0.3 is 0 Å². The molecule has 6 nitrogen and oxygen atoms in total. The summed E-state index contributed by atoms with van der Waals surface area (Å²) >= 11 is 52.3. The summed E-state index contributed by atoms with van der Waals surface area (Å²) in [7, 11) is 0. The molecular formula is C24H14Cl8N2O4. The van der Waals surface area contributed by atoms with Crippen LogP contribution in [0.4, 0.5) is 11.4 Å². The third-order valence-electron chi connectivity index (χ3n) is 5.55. The lowest BCUT2D eigenvalue weighted by atomic mass is 9.83. The highest BCUT2D eigenvalue weighted by Crippen LogP contribution is 2.56. The molecule has 0 spiro atoms. The second-order valence-electron chi connectivity index (χ2n) is 7.91. The summed E-state index contributed by atoms with van der Waals surface area (Å²) in [4.78, 5) is 0. The van der Waals surface area contributed by atoms with E-state index in [4.69, 9.17) is 114 Å². The Morgan fingerprint density at radius 2 is 1.24 bits per heavy atom. The van der Waals surface area contributed by atoms with E-state index in [1.165, 1.54) is 42.5 Å². The second-order valence-corrected chi connectivity index (χ2v) is 11.0. The van der Waals surface area contributed by atoms with E-state index in [1.807, 2.05) is 0 Å². The molecule has 0 amide bonds. The number of ether oxygens (including phenoxy) is 2. The number of aromatic hydroxyl groups is 2. The summed E-state index contributed by atoms with van der Waals surface area (Å²) in [6, 6.07) is 9.46. The molecule has 6 N–H and O–H groups in total. The van der Waals surface area contributed by atoms with Gasteiger partial charge in [-0.2, -0.15) is 0 Å². The van der Waals surface area contributed by atoms with Crippen molar-refractivity contribution in [3.63, 3.8) is 0 Å². The molecule has 14 heteroatoms. The molecule has 0 heterocycles. The summed E-state index contributed by atoms with van der Waals surface area (Å²) < 4.78 is 12.7. The van der Waals surface area contributed by atoms with Gasteiger partial charge in [-0.1, -0.05) is 92.8 Å². The van der Waals surface area contributed by atoms with Crippen molar-refractivity contribution < 1.29 is 19.7 Å². The molecule has 200 valence electrons. The van der Waals surface area contributed by atoms with E-state index in [9.17, 15) is 10.2 Å². The fourth-order valence-corrected chi connectivity index (χ4v) is 5.79. The number of allylic oxidation sites excluding steroid dienone is 2. The van der Waals surface area contributed by atoms with E-state index in [0.717, 1.165) is 0 Å². The first-order chi connectivity index (χ1) is 17.8. The molecule has 0 bridgehead atoms. The molecule has 1 aliphatic carbocycles.